The van der Waals surface area contributed by atoms with Gasteiger partial charge in [-0.3, -0.25) is 14.6 Å². The Bertz CT molecular complexity index is 1100. The Kier molecular flexibility index (Phi) is 5.19. The highest BCUT2D eigenvalue weighted by molar-refractivity contribution is 7.80. The van der Waals surface area contributed by atoms with Gasteiger partial charge in [0.1, 0.15) is 11.9 Å². The minimum Gasteiger partial charge on any atom is -0.339 e. The van der Waals surface area contributed by atoms with Crippen LogP contribution < -0.4 is 0 Å². The Morgan fingerprint density at radius 2 is 2.03 bits per heavy atom. The molecule has 2 atom stereocenters. The molecule has 7 heteroatoms. The summed E-state index contributed by atoms with van der Waals surface area (Å²) in [6.45, 7) is 1.29. The first-order chi connectivity index (χ1) is 15.1. The molecule has 0 aromatic heterocycles. The summed E-state index contributed by atoms with van der Waals surface area (Å²) in [5, 5.41) is 0.235. The van der Waals surface area contributed by atoms with Crippen LogP contribution in [0.2, 0.25) is 0 Å². The van der Waals surface area contributed by atoms with Gasteiger partial charge in [0.25, 0.3) is 5.91 Å². The van der Waals surface area contributed by atoms with Crippen LogP contribution in [0.25, 0.3) is 5.57 Å². The summed E-state index contributed by atoms with van der Waals surface area (Å²) >= 11 is 5.33. The van der Waals surface area contributed by atoms with Gasteiger partial charge in [-0.15, -0.1) is 0 Å². The smallest absolute Gasteiger partial charge is 0.259 e. The van der Waals surface area contributed by atoms with Crippen molar-refractivity contribution in [3.8, 4) is 0 Å². The lowest BCUT2D eigenvalue weighted by Crippen LogP contribution is -2.46. The maximum absolute atomic E-state index is 12.9. The molecule has 156 valence electrons. The molecule has 0 radical (unpaired) electrons. The largest absolute Gasteiger partial charge is 0.339 e. The van der Waals surface area contributed by atoms with Gasteiger partial charge in [-0.2, -0.15) is 0 Å². The molecule has 1 aromatic carbocycles. The zero-order valence-electron chi connectivity index (χ0n) is 17.0. The van der Waals surface area contributed by atoms with Gasteiger partial charge in [-0.05, 0) is 42.3 Å². The Morgan fingerprint density at radius 1 is 1.19 bits per heavy atom. The highest BCUT2D eigenvalue weighted by Gasteiger charge is 2.43. The maximum atomic E-state index is 12.9. The standard InChI is InChI=1S/C24H22N4O2S/c29-21(27-14-12-17(13-15-27)16-6-2-1-3-7-16)11-10-20-23(30)28-22(25-20)18-8-4-5-9-19(18)26-24(28)31/h1-9,12,18,20H,10-11,13-15H2. The molecule has 2 amide bonds. The van der Waals surface area contributed by atoms with Crippen molar-refractivity contribution in [1.29, 1.82) is 0 Å². The molecule has 1 aromatic rings. The minimum atomic E-state index is -0.578. The molecule has 2 unspecified atom stereocenters. The minimum absolute atomic E-state index is 0.0567. The number of nitrogens with zero attached hydrogens (tertiary/aromatic N) is 4. The van der Waals surface area contributed by atoms with Crippen LogP contribution in [0, 0.1) is 5.92 Å². The van der Waals surface area contributed by atoms with Crippen molar-refractivity contribution in [2.45, 2.75) is 25.3 Å². The molecule has 0 N–H and O–H groups in total. The number of hydrogen-bond donors (Lipinski definition) is 0. The summed E-state index contributed by atoms with van der Waals surface area (Å²) in [6, 6.07) is 9.68. The average molecular weight is 431 g/mol. The van der Waals surface area contributed by atoms with Crippen molar-refractivity contribution in [3.63, 3.8) is 0 Å². The topological polar surface area (TPSA) is 65.3 Å². The molecule has 0 fully saturated rings. The second kappa shape index (κ2) is 8.15. The van der Waals surface area contributed by atoms with E-state index >= 15 is 0 Å². The molecule has 4 aliphatic rings. The maximum Gasteiger partial charge on any atom is 0.259 e. The van der Waals surface area contributed by atoms with Crippen molar-refractivity contribution >= 4 is 46.3 Å². The summed E-state index contributed by atoms with van der Waals surface area (Å²) in [7, 11) is 0. The van der Waals surface area contributed by atoms with Gasteiger partial charge < -0.3 is 4.90 Å². The van der Waals surface area contributed by atoms with Crippen LogP contribution >= 0.6 is 12.2 Å². The fourth-order valence-corrected chi connectivity index (χ4v) is 4.67. The van der Waals surface area contributed by atoms with E-state index in [4.69, 9.17) is 12.2 Å². The normalized spacial score (nSPS) is 24.5. The van der Waals surface area contributed by atoms with E-state index in [1.165, 1.54) is 16.0 Å². The predicted octanol–water partition coefficient (Wildman–Crippen LogP) is 3.17. The number of aliphatic imine (C=N–C) groups is 2. The third-order valence-electron chi connectivity index (χ3n) is 6.06. The van der Waals surface area contributed by atoms with Crippen molar-refractivity contribution in [2.75, 3.05) is 13.1 Å². The lowest BCUT2D eigenvalue weighted by atomic mass is 9.95. The van der Waals surface area contributed by atoms with Crippen molar-refractivity contribution in [1.82, 2.24) is 9.80 Å². The first-order valence-corrected chi connectivity index (χ1v) is 10.9. The Hall–Kier alpha value is -3.19. The molecule has 0 saturated carbocycles. The van der Waals surface area contributed by atoms with Gasteiger partial charge in [0, 0.05) is 19.5 Å². The van der Waals surface area contributed by atoms with Crippen LogP contribution in [0.4, 0.5) is 0 Å². The van der Waals surface area contributed by atoms with E-state index in [0.717, 1.165) is 12.1 Å². The average Bonchev–Trinajstić information content (AvgIpc) is 3.15. The second-order valence-corrected chi connectivity index (χ2v) is 8.31. The van der Waals surface area contributed by atoms with E-state index in [1.807, 2.05) is 47.4 Å². The number of allylic oxidation sites excluding steroid dienone is 3. The summed E-state index contributed by atoms with van der Waals surface area (Å²) in [4.78, 5) is 38.0. The van der Waals surface area contributed by atoms with Crippen LogP contribution in [0.5, 0.6) is 0 Å². The van der Waals surface area contributed by atoms with E-state index < -0.39 is 6.04 Å². The van der Waals surface area contributed by atoms with Gasteiger partial charge in [0.2, 0.25) is 11.0 Å². The van der Waals surface area contributed by atoms with Crippen LogP contribution in [0.15, 0.2) is 70.7 Å². The molecule has 0 spiro atoms. The molecule has 5 rings (SSSR count). The zero-order valence-corrected chi connectivity index (χ0v) is 17.8. The van der Waals surface area contributed by atoms with Crippen LogP contribution in [-0.2, 0) is 9.59 Å². The highest BCUT2D eigenvalue weighted by atomic mass is 32.1. The summed E-state index contributed by atoms with van der Waals surface area (Å²) in [6.07, 6.45) is 11.3. The van der Waals surface area contributed by atoms with Crippen LogP contribution in [0.1, 0.15) is 24.8 Å². The molecule has 3 heterocycles. The number of amidine groups is 1. The Labute approximate surface area is 186 Å². The highest BCUT2D eigenvalue weighted by Crippen LogP contribution is 2.28. The Morgan fingerprint density at radius 3 is 2.81 bits per heavy atom. The van der Waals surface area contributed by atoms with E-state index in [1.54, 1.807) is 0 Å². The fourth-order valence-electron chi connectivity index (χ4n) is 4.38. The van der Waals surface area contributed by atoms with Gasteiger partial charge >= 0.3 is 0 Å². The summed E-state index contributed by atoms with van der Waals surface area (Å²) in [5.74, 6) is 0.362. The number of rotatable bonds is 4. The lowest BCUT2D eigenvalue weighted by Gasteiger charge is -2.28. The van der Waals surface area contributed by atoms with Crippen molar-refractivity contribution in [3.05, 3.63) is 66.3 Å². The van der Waals surface area contributed by atoms with Gasteiger partial charge in [-0.25, -0.2) is 9.89 Å². The van der Waals surface area contributed by atoms with Crippen molar-refractivity contribution in [2.24, 2.45) is 15.9 Å². The molecule has 3 aliphatic heterocycles. The second-order valence-electron chi connectivity index (χ2n) is 7.94. The molecule has 1 aliphatic carbocycles. The number of fused-ring (bicyclic) bond motifs is 3. The summed E-state index contributed by atoms with van der Waals surface area (Å²) in [5.41, 5.74) is 3.29. The SMILES string of the molecule is O=C(CCC1N=C2C3C=CC=CC3=NC(=S)N2C1=O)N1CC=C(c2ccccc2)CC1. The van der Waals surface area contributed by atoms with Crippen LogP contribution in [-0.4, -0.2) is 57.4 Å². The third-order valence-corrected chi connectivity index (χ3v) is 6.33. The molecule has 31 heavy (non-hydrogen) atoms. The van der Waals surface area contributed by atoms with Crippen LogP contribution in [0.3, 0.4) is 0 Å². The van der Waals surface area contributed by atoms with Gasteiger partial charge in [0.05, 0.1) is 11.6 Å². The first kappa shape index (κ1) is 19.8. The molecular formula is C24H22N4O2S. The van der Waals surface area contributed by atoms with Gasteiger partial charge in [-0.1, -0.05) is 54.6 Å². The van der Waals surface area contributed by atoms with Gasteiger partial charge in [0.15, 0.2) is 0 Å². The number of carbonyl (C=O) groups excluding carboxylic acids is 2. The molecule has 0 saturated heterocycles. The summed E-state index contributed by atoms with van der Waals surface area (Å²) < 4.78 is 0. The molecular weight excluding hydrogens is 408 g/mol. The number of thiocarbonyl (C=S) groups is 1. The van der Waals surface area contributed by atoms with E-state index in [0.29, 0.717) is 25.3 Å². The Balaban J connectivity index is 1.22. The molecule has 6 nitrogen and oxygen atoms in total. The number of benzene rings is 1. The van der Waals surface area contributed by atoms with E-state index in [2.05, 4.69) is 28.2 Å². The third kappa shape index (κ3) is 3.70. The number of carbonyl (C=O) groups is 2. The monoisotopic (exact) mass is 430 g/mol. The first-order valence-electron chi connectivity index (χ1n) is 10.5. The fraction of sp³-hybridized carbons (Fsp3) is 0.292. The van der Waals surface area contributed by atoms with E-state index in [9.17, 15) is 9.59 Å². The zero-order chi connectivity index (χ0) is 21.4. The predicted molar refractivity (Wildman–Crippen MR) is 125 cm³/mol. The van der Waals surface area contributed by atoms with Crippen molar-refractivity contribution < 1.29 is 9.59 Å². The van der Waals surface area contributed by atoms with E-state index in [-0.39, 0.29) is 29.3 Å². The lowest BCUT2D eigenvalue weighted by molar-refractivity contribution is -0.131. The molecule has 0 bridgehead atoms. The quantitative estimate of drug-likeness (QED) is 0.689. The number of amides is 2. The number of hydrogen-bond acceptors (Lipinski definition) is 4.